The van der Waals surface area contributed by atoms with Crippen molar-refractivity contribution in [2.75, 3.05) is 12.3 Å². The number of carbonyl (C=O) groups excluding carboxylic acids is 2. The Hall–Kier alpha value is -5.07. The van der Waals surface area contributed by atoms with E-state index in [2.05, 4.69) is 15.5 Å². The van der Waals surface area contributed by atoms with Crippen LogP contribution in [0.1, 0.15) is 16.1 Å². The number of aromatic nitrogens is 6. The van der Waals surface area contributed by atoms with Gasteiger partial charge in [0.2, 0.25) is 5.78 Å². The van der Waals surface area contributed by atoms with Crippen LogP contribution < -0.4 is 17.0 Å². The molecule has 0 radical (unpaired) electrons. The molecule has 0 atom stereocenters. The molecule has 4 aromatic rings. The van der Waals surface area contributed by atoms with Crippen molar-refractivity contribution >= 4 is 29.3 Å². The summed E-state index contributed by atoms with van der Waals surface area (Å²) in [6, 6.07) is 12.1. The summed E-state index contributed by atoms with van der Waals surface area (Å²) in [6.45, 7) is -0.825. The summed E-state index contributed by atoms with van der Waals surface area (Å²) in [5.41, 5.74) is 4.21. The quantitative estimate of drug-likeness (QED) is 0.222. The molecule has 0 fully saturated rings. The fourth-order valence-corrected chi connectivity index (χ4v) is 3.23. The first-order valence-electron chi connectivity index (χ1n) is 10.1. The fourth-order valence-electron chi connectivity index (χ4n) is 3.23. The summed E-state index contributed by atoms with van der Waals surface area (Å²) in [5.74, 6) is -1.65. The molecular weight excluding hydrogens is 458 g/mol. The summed E-state index contributed by atoms with van der Waals surface area (Å²) in [6.07, 6.45) is 2.75. The summed E-state index contributed by atoms with van der Waals surface area (Å²) in [4.78, 5) is 50.2. The second-order valence-corrected chi connectivity index (χ2v) is 7.29. The second-order valence-electron chi connectivity index (χ2n) is 7.29. The highest BCUT2D eigenvalue weighted by molar-refractivity contribution is 6.16. The number of furan rings is 1. The topological polar surface area (TPSA) is 170 Å². The van der Waals surface area contributed by atoms with Crippen molar-refractivity contribution in [3.63, 3.8) is 0 Å². The molecule has 0 unspecified atom stereocenters. The van der Waals surface area contributed by atoms with Gasteiger partial charge in [0.05, 0.1) is 6.26 Å². The zero-order chi connectivity index (χ0) is 25.1. The van der Waals surface area contributed by atoms with E-state index in [1.165, 1.54) is 26.4 Å². The van der Waals surface area contributed by atoms with E-state index >= 15 is 0 Å². The minimum atomic E-state index is -0.973. The van der Waals surface area contributed by atoms with Crippen molar-refractivity contribution in [3.8, 4) is 11.4 Å². The predicted molar refractivity (Wildman–Crippen MR) is 123 cm³/mol. The molecule has 3 heterocycles. The van der Waals surface area contributed by atoms with Crippen molar-refractivity contribution in [1.29, 1.82) is 0 Å². The molecule has 178 valence electrons. The lowest BCUT2D eigenvalue weighted by Gasteiger charge is -2.12. The number of hydrogen-bond donors (Lipinski definition) is 1. The molecule has 0 aliphatic carbocycles. The number of tetrazole rings is 1. The number of benzene rings is 1. The van der Waals surface area contributed by atoms with Gasteiger partial charge in [-0.05, 0) is 22.6 Å². The SMILES string of the molecule is Cn1c(N)c(C(=O)COC(=O)/C(=C\c2ccco2)n2nnnc2-c2ccccc2)c(=O)n(C)c1=O. The molecule has 2 N–H and O–H groups in total. The summed E-state index contributed by atoms with van der Waals surface area (Å²) in [7, 11) is 2.52. The van der Waals surface area contributed by atoms with Crippen LogP contribution in [0.4, 0.5) is 5.82 Å². The normalized spacial score (nSPS) is 11.4. The molecule has 0 saturated heterocycles. The molecule has 3 aromatic heterocycles. The molecular formula is C22H19N7O6. The van der Waals surface area contributed by atoms with E-state index in [1.807, 2.05) is 6.07 Å². The number of nitrogens with two attached hydrogens (primary N) is 1. The maximum atomic E-state index is 13.1. The lowest BCUT2D eigenvalue weighted by Crippen LogP contribution is -2.42. The minimum Gasteiger partial charge on any atom is -0.465 e. The van der Waals surface area contributed by atoms with Crippen molar-refractivity contribution in [2.24, 2.45) is 14.1 Å². The zero-order valence-electron chi connectivity index (χ0n) is 18.6. The zero-order valence-corrected chi connectivity index (χ0v) is 18.6. The van der Waals surface area contributed by atoms with Crippen LogP contribution >= 0.6 is 0 Å². The summed E-state index contributed by atoms with van der Waals surface area (Å²) < 4.78 is 13.3. The van der Waals surface area contributed by atoms with Crippen LogP contribution in [0.15, 0.2) is 62.7 Å². The largest absolute Gasteiger partial charge is 0.465 e. The summed E-state index contributed by atoms with van der Waals surface area (Å²) in [5, 5.41) is 11.5. The molecule has 0 aliphatic heterocycles. The number of anilines is 1. The van der Waals surface area contributed by atoms with Gasteiger partial charge in [-0.15, -0.1) is 5.10 Å². The van der Waals surface area contributed by atoms with E-state index in [0.29, 0.717) is 11.3 Å². The molecule has 13 nitrogen and oxygen atoms in total. The second kappa shape index (κ2) is 9.43. The highest BCUT2D eigenvalue weighted by Gasteiger charge is 2.25. The number of hydrogen-bond acceptors (Lipinski definition) is 10. The van der Waals surface area contributed by atoms with Crippen LogP contribution in [-0.4, -0.2) is 47.7 Å². The average Bonchev–Trinajstić information content (AvgIpc) is 3.56. The Labute approximate surface area is 196 Å². The van der Waals surface area contributed by atoms with Gasteiger partial charge in [0.15, 0.2) is 18.1 Å². The van der Waals surface area contributed by atoms with Gasteiger partial charge >= 0.3 is 11.7 Å². The smallest absolute Gasteiger partial charge is 0.357 e. The van der Waals surface area contributed by atoms with Crippen LogP contribution in [-0.2, 0) is 23.6 Å². The van der Waals surface area contributed by atoms with Gasteiger partial charge in [-0.25, -0.2) is 9.59 Å². The standard InChI is InChI=1S/C22H19N7O6/c1-27-18(23)17(20(31)28(2)22(27)33)16(30)12-35-21(32)15(11-14-9-6-10-34-14)29-19(24-25-26-29)13-7-4-3-5-8-13/h3-11H,12,23H2,1-2H3/b15-11+. The Morgan fingerprint density at radius 3 is 2.51 bits per heavy atom. The first-order chi connectivity index (χ1) is 16.8. The van der Waals surface area contributed by atoms with E-state index in [1.54, 1.807) is 36.4 Å². The van der Waals surface area contributed by atoms with Crippen molar-refractivity contribution in [1.82, 2.24) is 29.3 Å². The van der Waals surface area contributed by atoms with Crippen LogP contribution in [0.5, 0.6) is 0 Å². The van der Waals surface area contributed by atoms with Crippen LogP contribution in [0.2, 0.25) is 0 Å². The first-order valence-corrected chi connectivity index (χ1v) is 10.1. The van der Waals surface area contributed by atoms with Gasteiger partial charge in [0.25, 0.3) is 5.56 Å². The predicted octanol–water partition coefficient (Wildman–Crippen LogP) is 0.337. The third kappa shape index (κ3) is 4.42. The highest BCUT2D eigenvalue weighted by atomic mass is 16.5. The molecule has 0 spiro atoms. The Bertz CT molecular complexity index is 1550. The average molecular weight is 477 g/mol. The molecule has 35 heavy (non-hydrogen) atoms. The number of esters is 1. The number of nitrogens with zero attached hydrogens (tertiary/aromatic N) is 6. The summed E-state index contributed by atoms with van der Waals surface area (Å²) >= 11 is 0. The van der Waals surface area contributed by atoms with E-state index in [-0.39, 0.29) is 17.3 Å². The number of rotatable bonds is 7. The van der Waals surface area contributed by atoms with E-state index in [9.17, 15) is 19.2 Å². The van der Waals surface area contributed by atoms with Crippen molar-refractivity contribution in [3.05, 3.63) is 80.9 Å². The van der Waals surface area contributed by atoms with E-state index in [0.717, 1.165) is 13.8 Å². The monoisotopic (exact) mass is 477 g/mol. The van der Waals surface area contributed by atoms with Gasteiger partial charge in [0, 0.05) is 25.7 Å². The minimum absolute atomic E-state index is 0.155. The van der Waals surface area contributed by atoms with Gasteiger partial charge in [0.1, 0.15) is 17.1 Å². The highest BCUT2D eigenvalue weighted by Crippen LogP contribution is 2.21. The van der Waals surface area contributed by atoms with Crippen LogP contribution in [0.3, 0.4) is 0 Å². The first kappa shape index (κ1) is 23.1. The third-order valence-corrected chi connectivity index (χ3v) is 5.08. The van der Waals surface area contributed by atoms with Gasteiger partial charge in [-0.1, -0.05) is 30.3 Å². The number of Topliss-reactive ketones (excluding diaryl/α,β-unsaturated/α-hetero) is 1. The fraction of sp³-hybridized carbons (Fsp3) is 0.136. The maximum Gasteiger partial charge on any atom is 0.357 e. The van der Waals surface area contributed by atoms with Crippen LogP contribution in [0.25, 0.3) is 23.2 Å². The third-order valence-electron chi connectivity index (χ3n) is 5.08. The Morgan fingerprint density at radius 1 is 1.09 bits per heavy atom. The Balaban J connectivity index is 1.66. The van der Waals surface area contributed by atoms with Crippen molar-refractivity contribution < 1.29 is 18.7 Å². The number of carbonyl (C=O) groups is 2. The van der Waals surface area contributed by atoms with Crippen molar-refractivity contribution in [2.45, 2.75) is 0 Å². The van der Waals surface area contributed by atoms with Gasteiger partial charge in [-0.3, -0.25) is 18.7 Å². The lowest BCUT2D eigenvalue weighted by atomic mass is 10.2. The molecule has 13 heteroatoms. The molecule has 4 rings (SSSR count). The molecule has 0 saturated carbocycles. The number of ketones is 1. The maximum absolute atomic E-state index is 13.1. The van der Waals surface area contributed by atoms with E-state index in [4.69, 9.17) is 14.9 Å². The number of ether oxygens (including phenoxy) is 1. The van der Waals surface area contributed by atoms with Crippen LogP contribution in [0, 0.1) is 0 Å². The Morgan fingerprint density at radius 2 is 1.83 bits per heavy atom. The number of nitrogen functional groups attached to an aromatic ring is 1. The lowest BCUT2D eigenvalue weighted by molar-refractivity contribution is -0.136. The molecule has 0 amide bonds. The van der Waals surface area contributed by atoms with Gasteiger partial charge < -0.3 is 14.9 Å². The van der Waals surface area contributed by atoms with E-state index < -0.39 is 35.2 Å². The molecule has 0 bridgehead atoms. The Kier molecular flexibility index (Phi) is 6.22. The molecule has 1 aromatic carbocycles. The molecule has 0 aliphatic rings. The van der Waals surface area contributed by atoms with Gasteiger partial charge in [-0.2, -0.15) is 4.68 Å².